The van der Waals surface area contributed by atoms with Crippen molar-refractivity contribution >= 4 is 23.7 Å². The molecule has 9 heavy (non-hydrogen) atoms. The maximum absolute atomic E-state index is 10.1. The topological polar surface area (TPSA) is 66.4 Å². The molecule has 0 saturated carbocycles. The number of hydrogen-bond donors (Lipinski definition) is 2. The molecule has 0 unspecified atom stereocenters. The predicted octanol–water partition coefficient (Wildman–Crippen LogP) is -0.103. The molecule has 0 aliphatic carbocycles. The summed E-state index contributed by atoms with van der Waals surface area (Å²) < 4.78 is 0. The van der Waals surface area contributed by atoms with Gasteiger partial charge in [0.1, 0.15) is 0 Å². The number of carbonyl (C=O) groups excluding carboxylic acids is 1. The Hall–Kier alpha value is -1.03. The molecule has 0 heterocycles. The van der Waals surface area contributed by atoms with Crippen LogP contribution in [0.4, 0.5) is 0 Å². The molecule has 0 aliphatic heterocycles. The Bertz CT molecular complexity index is 154. The van der Waals surface area contributed by atoms with E-state index < -0.39 is 11.9 Å². The second kappa shape index (κ2) is 3.91. The third-order valence-electron chi connectivity index (χ3n) is 0.470. The molecule has 0 aromatic rings. The lowest BCUT2D eigenvalue weighted by atomic mass is 10.5. The molecule has 0 bridgehead atoms. The summed E-state index contributed by atoms with van der Waals surface area (Å²) in [5.41, 5.74) is 0. The molecule has 0 rings (SSSR count). The van der Waals surface area contributed by atoms with E-state index in [2.05, 4.69) is 0 Å². The fourth-order valence-corrected chi connectivity index (χ4v) is 0.241. The Balaban J connectivity index is 3.71. The average molecular weight is 150 g/mol. The summed E-state index contributed by atoms with van der Waals surface area (Å²) in [6.45, 7) is 0. The van der Waals surface area contributed by atoms with E-state index >= 15 is 0 Å². The van der Waals surface area contributed by atoms with Crippen molar-refractivity contribution in [3.63, 3.8) is 0 Å². The van der Waals surface area contributed by atoms with Gasteiger partial charge in [-0.3, -0.25) is 9.63 Å². The first kappa shape index (κ1) is 7.97. The lowest BCUT2D eigenvalue weighted by molar-refractivity contribution is -0.131. The number of nitrogens with one attached hydrogen (secondary N) is 1. The van der Waals surface area contributed by atoms with Crippen LogP contribution >= 0.6 is 11.8 Å². The molecular weight excluding hydrogens is 146 g/mol. The number of rotatable bonds is 2. The molecule has 50 valence electrons. The summed E-state index contributed by atoms with van der Waals surface area (Å²) >= 11 is 4.79. The summed E-state index contributed by atoms with van der Waals surface area (Å²) in [5.74, 6) is -1.84. The van der Waals surface area contributed by atoms with Gasteiger partial charge in [0, 0.05) is 23.9 Å². The third kappa shape index (κ3) is 4.83. The monoisotopic (exact) mass is 149 g/mol. The van der Waals surface area contributed by atoms with Gasteiger partial charge >= 0.3 is 5.97 Å². The Morgan fingerprint density at radius 2 is 2.00 bits per heavy atom. The third-order valence-corrected chi connectivity index (χ3v) is 0.657. The van der Waals surface area contributed by atoms with E-state index in [9.17, 15) is 9.59 Å². The zero-order valence-electron chi connectivity index (χ0n) is 4.30. The van der Waals surface area contributed by atoms with E-state index in [0.717, 1.165) is 6.08 Å². The van der Waals surface area contributed by atoms with Gasteiger partial charge in [-0.1, -0.05) is 0 Å². The van der Waals surface area contributed by atoms with E-state index in [1.54, 1.807) is 4.84 Å². The highest BCUT2D eigenvalue weighted by molar-refractivity contribution is 6.23. The Morgan fingerprint density at radius 1 is 1.44 bits per heavy atom. The number of carboxylic acid groups (broad SMARTS) is 1. The van der Waals surface area contributed by atoms with Gasteiger partial charge in [0.2, 0.25) is 0 Å². The summed E-state index contributed by atoms with van der Waals surface area (Å²) in [5, 5.41) is 7.95. The maximum Gasteiger partial charge on any atom is 0.328 e. The van der Waals surface area contributed by atoms with Crippen LogP contribution in [0.1, 0.15) is 0 Å². The molecule has 0 aromatic carbocycles. The number of hydrogen-bond acceptors (Lipinski definition) is 2. The Labute approximate surface area is 56.2 Å². The highest BCUT2D eigenvalue weighted by Gasteiger charge is 1.90. The Morgan fingerprint density at radius 3 is 2.33 bits per heavy atom. The van der Waals surface area contributed by atoms with E-state index in [1.165, 1.54) is 0 Å². The number of carboxylic acids is 1. The van der Waals surface area contributed by atoms with Crippen LogP contribution < -0.4 is 4.84 Å². The van der Waals surface area contributed by atoms with Crippen LogP contribution in [0.3, 0.4) is 0 Å². The average Bonchev–Trinajstić information content (AvgIpc) is 1.83. The Kier molecular flexibility index (Phi) is 3.46. The minimum absolute atomic E-state index is 0.654. The van der Waals surface area contributed by atoms with Crippen LogP contribution in [0.5, 0.6) is 0 Å². The minimum Gasteiger partial charge on any atom is -0.478 e. The quantitative estimate of drug-likeness (QED) is 0.426. The van der Waals surface area contributed by atoms with Crippen molar-refractivity contribution in [1.82, 2.24) is 4.84 Å². The van der Waals surface area contributed by atoms with Crippen molar-refractivity contribution in [2.24, 2.45) is 0 Å². The van der Waals surface area contributed by atoms with Crippen LogP contribution in [0.15, 0.2) is 12.2 Å². The molecule has 0 saturated heterocycles. The van der Waals surface area contributed by atoms with Crippen molar-refractivity contribution in [1.29, 1.82) is 0 Å². The second-order valence-electron chi connectivity index (χ2n) is 1.13. The predicted molar refractivity (Wildman–Crippen MR) is 30.8 cm³/mol. The SMILES string of the molecule is O=C(O)/C=C\C(=O)NCl. The maximum atomic E-state index is 10.1. The molecule has 0 fully saturated rings. The molecule has 2 N–H and O–H groups in total. The minimum atomic E-state index is -1.18. The number of aliphatic carboxylic acids is 1. The molecule has 0 spiro atoms. The molecule has 0 atom stereocenters. The standard InChI is InChI=1S/C4H4ClNO3/c5-6-3(7)1-2-4(8)9/h1-2H,(H,6,7)(H,8,9)/b2-1-. The van der Waals surface area contributed by atoms with Crippen molar-refractivity contribution in [2.75, 3.05) is 0 Å². The number of carbonyl (C=O) groups is 2. The van der Waals surface area contributed by atoms with Crippen LogP contribution in [-0.4, -0.2) is 17.0 Å². The first-order valence-electron chi connectivity index (χ1n) is 1.98. The van der Waals surface area contributed by atoms with Gasteiger partial charge in [0.05, 0.1) is 0 Å². The van der Waals surface area contributed by atoms with Gasteiger partial charge < -0.3 is 5.11 Å². The van der Waals surface area contributed by atoms with E-state index in [-0.39, 0.29) is 0 Å². The number of halogens is 1. The zero-order chi connectivity index (χ0) is 7.28. The van der Waals surface area contributed by atoms with Gasteiger partial charge in [0.15, 0.2) is 0 Å². The molecule has 5 heteroatoms. The van der Waals surface area contributed by atoms with Crippen molar-refractivity contribution in [2.45, 2.75) is 0 Å². The van der Waals surface area contributed by atoms with Gasteiger partial charge in [-0.05, 0) is 0 Å². The van der Waals surface area contributed by atoms with Crippen LogP contribution in [0, 0.1) is 0 Å². The van der Waals surface area contributed by atoms with Gasteiger partial charge in [-0.15, -0.1) is 0 Å². The summed E-state index contributed by atoms with van der Waals surface area (Å²) in [6.07, 6.45) is 1.51. The van der Waals surface area contributed by atoms with Crippen molar-refractivity contribution in [3.05, 3.63) is 12.2 Å². The second-order valence-corrected chi connectivity index (χ2v) is 1.32. The summed E-state index contributed by atoms with van der Waals surface area (Å²) in [7, 11) is 0. The van der Waals surface area contributed by atoms with Gasteiger partial charge in [-0.2, -0.15) is 0 Å². The molecule has 4 nitrogen and oxygen atoms in total. The van der Waals surface area contributed by atoms with Gasteiger partial charge in [0.25, 0.3) is 5.91 Å². The van der Waals surface area contributed by atoms with E-state index in [4.69, 9.17) is 16.9 Å². The van der Waals surface area contributed by atoms with E-state index in [0.29, 0.717) is 6.08 Å². The van der Waals surface area contributed by atoms with Crippen LogP contribution in [0.2, 0.25) is 0 Å². The van der Waals surface area contributed by atoms with Gasteiger partial charge in [-0.25, -0.2) is 4.79 Å². The smallest absolute Gasteiger partial charge is 0.328 e. The largest absolute Gasteiger partial charge is 0.478 e. The number of amides is 1. The fraction of sp³-hybridized carbons (Fsp3) is 0. The first-order valence-corrected chi connectivity index (χ1v) is 2.36. The lowest BCUT2D eigenvalue weighted by Crippen LogP contribution is -2.08. The highest BCUT2D eigenvalue weighted by Crippen LogP contribution is 1.74. The zero-order valence-corrected chi connectivity index (χ0v) is 5.05. The van der Waals surface area contributed by atoms with Crippen molar-refractivity contribution < 1.29 is 14.7 Å². The highest BCUT2D eigenvalue weighted by atomic mass is 35.5. The first-order chi connectivity index (χ1) is 4.16. The van der Waals surface area contributed by atoms with Crippen molar-refractivity contribution in [3.8, 4) is 0 Å². The van der Waals surface area contributed by atoms with Crippen LogP contribution in [0.25, 0.3) is 0 Å². The molecule has 0 radical (unpaired) electrons. The molecule has 1 amide bonds. The lowest BCUT2D eigenvalue weighted by Gasteiger charge is -1.82. The summed E-state index contributed by atoms with van der Waals surface area (Å²) in [4.78, 5) is 21.5. The van der Waals surface area contributed by atoms with Crippen LogP contribution in [-0.2, 0) is 9.59 Å². The normalized spacial score (nSPS) is 9.44. The molecule has 0 aromatic heterocycles. The van der Waals surface area contributed by atoms with E-state index in [1.807, 2.05) is 0 Å². The summed E-state index contributed by atoms with van der Waals surface area (Å²) in [6, 6.07) is 0. The fourth-order valence-electron chi connectivity index (χ4n) is 0.178. The molecular formula is C4H4ClNO3. The molecule has 0 aliphatic rings.